The molecule has 4 atom stereocenters. The zero-order valence-corrected chi connectivity index (χ0v) is 36.8. The number of pyridine rings is 1. The number of aliphatic hydroxyl groups excluding tert-OH is 1. The minimum Gasteiger partial charge on any atom is -0.494 e. The predicted molar refractivity (Wildman–Crippen MR) is 237 cm³/mol. The first-order valence-corrected chi connectivity index (χ1v) is 21.3. The van der Waals surface area contributed by atoms with Gasteiger partial charge in [0.15, 0.2) is 0 Å². The number of hydrogen-bond donors (Lipinski definition) is 5. The third-order valence-corrected chi connectivity index (χ3v) is 11.7. The van der Waals surface area contributed by atoms with Crippen molar-refractivity contribution in [2.45, 2.75) is 77.3 Å². The Morgan fingerprint density at radius 3 is 2.45 bits per heavy atom. The van der Waals surface area contributed by atoms with Gasteiger partial charge in [0, 0.05) is 62.8 Å². The van der Waals surface area contributed by atoms with Crippen molar-refractivity contribution in [3.05, 3.63) is 96.2 Å². The molecule has 5 N–H and O–H groups in total. The monoisotopic (exact) mass is 878 g/mol. The summed E-state index contributed by atoms with van der Waals surface area (Å²) in [6.45, 7) is 8.08. The van der Waals surface area contributed by atoms with Crippen molar-refractivity contribution >= 4 is 35.0 Å². The van der Waals surface area contributed by atoms with Crippen molar-refractivity contribution < 1.29 is 38.1 Å². The number of benzene rings is 2. The van der Waals surface area contributed by atoms with Crippen molar-refractivity contribution in [2.24, 2.45) is 12.5 Å². The van der Waals surface area contributed by atoms with Crippen LogP contribution in [0, 0.1) is 11.2 Å². The van der Waals surface area contributed by atoms with Crippen molar-refractivity contribution in [1.29, 1.82) is 0 Å². The first kappa shape index (κ1) is 45.4. The average molecular weight is 879 g/mol. The molecule has 3 aromatic heterocycles. The number of nitrogens with zero attached hydrogens (tertiary/aromatic N) is 6. The van der Waals surface area contributed by atoms with Crippen LogP contribution < -0.4 is 25.6 Å². The molecule has 0 spiro atoms. The van der Waals surface area contributed by atoms with E-state index in [1.54, 1.807) is 79.6 Å². The Bertz CT molecular complexity index is 2460. The van der Waals surface area contributed by atoms with Crippen LogP contribution in [0.4, 0.5) is 15.8 Å². The number of likely N-dealkylation sites (tertiary alicyclic amines) is 1. The number of aliphatic hydroxyl groups is 1. The second-order valence-corrected chi connectivity index (χ2v) is 17.3. The van der Waals surface area contributed by atoms with Crippen LogP contribution in [0.5, 0.6) is 5.75 Å². The van der Waals surface area contributed by atoms with Crippen LogP contribution in [0.2, 0.25) is 0 Å². The highest BCUT2D eigenvalue weighted by Crippen LogP contribution is 2.33. The lowest BCUT2D eigenvalue weighted by Crippen LogP contribution is -2.58. The number of halogens is 1. The number of carbonyl (C=O) groups excluding carboxylic acids is 4. The predicted octanol–water partition coefficient (Wildman–Crippen LogP) is 4.63. The molecule has 0 radical (unpaired) electrons. The number of β-amino-alcohol motifs (C(OH)–C–C–N with tert-alkyl or cyclic N) is 1. The molecule has 2 aliphatic heterocycles. The number of rotatable bonds is 14. The highest BCUT2D eigenvalue weighted by molar-refractivity contribution is 6.04. The molecule has 0 unspecified atom stereocenters. The third kappa shape index (κ3) is 10.4. The van der Waals surface area contributed by atoms with E-state index in [1.807, 2.05) is 32.9 Å². The van der Waals surface area contributed by atoms with E-state index < -0.39 is 59.1 Å². The number of piperidine rings is 1. The van der Waals surface area contributed by atoms with Crippen LogP contribution in [0.25, 0.3) is 22.6 Å². The number of aryl methyl sites for hydroxylation is 1. The van der Waals surface area contributed by atoms with E-state index in [4.69, 9.17) is 9.47 Å². The molecule has 5 heterocycles. The van der Waals surface area contributed by atoms with Crippen molar-refractivity contribution in [3.8, 4) is 28.4 Å². The highest BCUT2D eigenvalue weighted by Gasteiger charge is 2.45. The molecule has 2 fully saturated rings. The molecule has 17 nitrogen and oxygen atoms in total. The van der Waals surface area contributed by atoms with Gasteiger partial charge in [-0.3, -0.25) is 29.0 Å². The molecule has 0 saturated carbocycles. The van der Waals surface area contributed by atoms with Gasteiger partial charge in [0.05, 0.1) is 42.4 Å². The lowest BCUT2D eigenvalue weighted by molar-refractivity contribution is -0.145. The molecule has 64 heavy (non-hydrogen) atoms. The highest BCUT2D eigenvalue weighted by atomic mass is 19.1. The number of ether oxygens (including phenoxy) is 2. The van der Waals surface area contributed by atoms with Crippen molar-refractivity contribution in [1.82, 2.24) is 40.5 Å². The Morgan fingerprint density at radius 2 is 1.78 bits per heavy atom. The second-order valence-electron chi connectivity index (χ2n) is 17.3. The van der Waals surface area contributed by atoms with Crippen LogP contribution in [0.15, 0.2) is 79.1 Å². The van der Waals surface area contributed by atoms with Crippen molar-refractivity contribution in [3.63, 3.8) is 0 Å². The maximum atomic E-state index is 15.2. The van der Waals surface area contributed by atoms with Gasteiger partial charge in [-0.1, -0.05) is 32.9 Å². The molecule has 7 rings (SSSR count). The molecule has 338 valence electrons. The first-order valence-electron chi connectivity index (χ1n) is 21.3. The Kier molecular flexibility index (Phi) is 13.7. The molecule has 4 amide bonds. The fourth-order valence-corrected chi connectivity index (χ4v) is 8.11. The Balaban J connectivity index is 0.903. The second kappa shape index (κ2) is 19.4. The summed E-state index contributed by atoms with van der Waals surface area (Å²) in [5, 5.41) is 30.3. The maximum absolute atomic E-state index is 15.2. The van der Waals surface area contributed by atoms with Gasteiger partial charge < -0.3 is 40.3 Å². The summed E-state index contributed by atoms with van der Waals surface area (Å²) in [5.41, 5.74) is 3.57. The van der Waals surface area contributed by atoms with Crippen LogP contribution in [-0.2, 0) is 26.2 Å². The quantitative estimate of drug-likeness (QED) is 0.104. The molecular formula is C46H55FN10O7. The first-order chi connectivity index (χ1) is 30.6. The summed E-state index contributed by atoms with van der Waals surface area (Å²) in [7, 11) is 3.26. The zero-order chi connectivity index (χ0) is 45.7. The average Bonchev–Trinajstić information content (AvgIpc) is 4.07. The Morgan fingerprint density at radius 1 is 1.00 bits per heavy atom. The smallest absolute Gasteiger partial charge is 0.274 e. The number of nitrogens with one attached hydrogen (secondary N) is 4. The molecule has 0 bridgehead atoms. The van der Waals surface area contributed by atoms with Gasteiger partial charge in [0.2, 0.25) is 17.7 Å². The Labute approximate surface area is 370 Å². The number of carbonyl (C=O) groups is 4. The maximum Gasteiger partial charge on any atom is 0.274 e. The molecule has 18 heteroatoms. The largest absolute Gasteiger partial charge is 0.494 e. The Hall–Kier alpha value is -6.66. The number of amides is 4. The molecule has 0 aliphatic carbocycles. The van der Waals surface area contributed by atoms with Crippen LogP contribution in [-0.4, -0.2) is 116 Å². The summed E-state index contributed by atoms with van der Waals surface area (Å²) in [6.07, 6.45) is 3.39. The SMILES string of the molecule is COc1cc(N2CCC(OCC(=O)N[C@H](C(=O)N3C[C@H](O)C[C@H]3C(=O)N[C@@H](C)c3ccc(-c4ccnn4C)c(F)c3)C(C)(C)C)CC2)ccc1NC(=O)c1cccc(-c2cc[nH]n2)n1. The van der Waals surface area contributed by atoms with Gasteiger partial charge in [-0.05, 0) is 79.3 Å². The van der Waals surface area contributed by atoms with E-state index in [9.17, 15) is 24.3 Å². The number of anilines is 2. The standard InChI is InChI=1S/C46H55FN10O7/c1-27(28-10-12-32(33(47)22-28)38-15-19-49-55(38)5)50-44(61)39-24-30(58)25-57(39)45(62)42(46(2,3)4)53-41(59)26-64-31-16-20-56(21-17-31)29-11-13-36(40(23-29)63-6)52-43(60)37-9-7-8-34(51-37)35-14-18-48-54-35/h7-15,18-19,22-23,27,30-31,39,42,58H,16-17,20-21,24-26H2,1-6H3,(H,48,54)(H,50,61)(H,52,60)(H,53,59)/t27-,30+,39-,42+/m0/s1. The number of aromatic amines is 1. The van der Waals surface area contributed by atoms with Crippen LogP contribution in [0.3, 0.4) is 0 Å². The summed E-state index contributed by atoms with van der Waals surface area (Å²) >= 11 is 0. The van der Waals surface area contributed by atoms with Crippen LogP contribution in [0.1, 0.15) is 69.1 Å². The van der Waals surface area contributed by atoms with E-state index in [2.05, 4.69) is 41.1 Å². The van der Waals surface area contributed by atoms with Gasteiger partial charge in [0.25, 0.3) is 5.91 Å². The van der Waals surface area contributed by atoms with Crippen LogP contribution >= 0.6 is 0 Å². The van der Waals surface area contributed by atoms with Gasteiger partial charge in [-0.15, -0.1) is 0 Å². The number of methoxy groups -OCH3 is 1. The lowest BCUT2D eigenvalue weighted by atomic mass is 9.85. The van der Waals surface area contributed by atoms with Gasteiger partial charge in [0.1, 0.15) is 41.6 Å². The van der Waals surface area contributed by atoms with E-state index in [1.165, 1.54) is 18.1 Å². The van der Waals surface area contributed by atoms with Gasteiger partial charge >= 0.3 is 0 Å². The minimum atomic E-state index is -1.02. The van der Waals surface area contributed by atoms with E-state index in [0.29, 0.717) is 65.6 Å². The fraction of sp³-hybridized carbons (Fsp3) is 0.413. The number of hydrogen-bond acceptors (Lipinski definition) is 11. The molecule has 5 aromatic rings. The zero-order valence-electron chi connectivity index (χ0n) is 36.8. The third-order valence-electron chi connectivity index (χ3n) is 11.7. The van der Waals surface area contributed by atoms with Gasteiger partial charge in [-0.25, -0.2) is 9.37 Å². The summed E-state index contributed by atoms with van der Waals surface area (Å²) in [6, 6.07) is 16.3. The molecule has 2 saturated heterocycles. The van der Waals surface area contributed by atoms with E-state index in [-0.39, 0.29) is 31.4 Å². The summed E-state index contributed by atoms with van der Waals surface area (Å²) < 4.78 is 28.5. The summed E-state index contributed by atoms with van der Waals surface area (Å²) in [4.78, 5) is 62.3. The molecular weight excluding hydrogens is 824 g/mol. The van der Waals surface area contributed by atoms with Crippen molar-refractivity contribution in [2.75, 3.05) is 43.6 Å². The lowest BCUT2D eigenvalue weighted by Gasteiger charge is -2.36. The van der Waals surface area contributed by atoms with Gasteiger partial charge in [-0.2, -0.15) is 10.2 Å². The number of H-pyrrole nitrogens is 1. The minimum absolute atomic E-state index is 0.0125. The molecule has 2 aromatic carbocycles. The molecule has 2 aliphatic rings. The topological polar surface area (TPSA) is 209 Å². The van der Waals surface area contributed by atoms with E-state index in [0.717, 1.165) is 5.69 Å². The number of aromatic nitrogens is 5. The normalized spacial score (nSPS) is 17.8. The summed E-state index contributed by atoms with van der Waals surface area (Å²) in [5.74, 6) is -1.85. The fourth-order valence-electron chi connectivity index (χ4n) is 8.11. The van der Waals surface area contributed by atoms with E-state index >= 15 is 4.39 Å².